The summed E-state index contributed by atoms with van der Waals surface area (Å²) in [4.78, 5) is 0. The second-order valence-electron chi connectivity index (χ2n) is 3.34. The number of hydrogen-bond acceptors (Lipinski definition) is 3. The third-order valence-electron chi connectivity index (χ3n) is 2.33. The molecular weight excluding hydrogens is 138 g/mol. The zero-order valence-electron chi connectivity index (χ0n) is 7.04. The molecule has 0 aliphatic carbocycles. The van der Waals surface area contributed by atoms with Crippen molar-refractivity contribution in [1.82, 2.24) is 15.8 Å². The van der Waals surface area contributed by atoms with Gasteiger partial charge in [0.15, 0.2) is 0 Å². The second-order valence-corrected chi connectivity index (χ2v) is 3.34. The molecule has 0 bridgehead atoms. The van der Waals surface area contributed by atoms with E-state index < -0.39 is 0 Å². The summed E-state index contributed by atoms with van der Waals surface area (Å²) in [6.07, 6.45) is 6.52. The quantitative estimate of drug-likeness (QED) is 0.494. The predicted molar refractivity (Wildman–Crippen MR) is 44.6 cm³/mol. The fourth-order valence-electron chi connectivity index (χ4n) is 1.80. The standard InChI is InChI=1S/C8H15N3/c1-6-4-3-5-8-9-7(2)10-11(6)8/h3-4,6-10H,5H2,1-2H3/t6?,7-,8?/m1/s1. The molecule has 0 aromatic carbocycles. The smallest absolute Gasteiger partial charge is 0.0786 e. The van der Waals surface area contributed by atoms with Crippen LogP contribution in [0.5, 0.6) is 0 Å². The minimum Gasteiger partial charge on any atom is -0.284 e. The van der Waals surface area contributed by atoms with Crippen LogP contribution in [-0.4, -0.2) is 23.4 Å². The van der Waals surface area contributed by atoms with Crippen molar-refractivity contribution < 1.29 is 0 Å². The maximum absolute atomic E-state index is 3.45. The van der Waals surface area contributed by atoms with E-state index >= 15 is 0 Å². The summed E-state index contributed by atoms with van der Waals surface area (Å²) in [5, 5.41) is 5.73. The van der Waals surface area contributed by atoms with Crippen molar-refractivity contribution in [2.75, 3.05) is 0 Å². The third kappa shape index (κ3) is 1.20. The van der Waals surface area contributed by atoms with Gasteiger partial charge >= 0.3 is 0 Å². The van der Waals surface area contributed by atoms with Crippen molar-refractivity contribution in [2.45, 2.75) is 38.6 Å². The summed E-state index contributed by atoms with van der Waals surface area (Å²) in [6.45, 7) is 4.35. The van der Waals surface area contributed by atoms with Gasteiger partial charge in [-0.1, -0.05) is 12.2 Å². The Morgan fingerprint density at radius 2 is 2.27 bits per heavy atom. The molecule has 3 nitrogen and oxygen atoms in total. The molecular formula is C8H15N3. The third-order valence-corrected chi connectivity index (χ3v) is 2.33. The minimum atomic E-state index is 0.419. The van der Waals surface area contributed by atoms with Crippen LogP contribution in [0.4, 0.5) is 0 Å². The van der Waals surface area contributed by atoms with Gasteiger partial charge in [0.1, 0.15) is 0 Å². The molecule has 2 aliphatic heterocycles. The largest absolute Gasteiger partial charge is 0.284 e. The van der Waals surface area contributed by atoms with Crippen LogP contribution in [0.1, 0.15) is 20.3 Å². The van der Waals surface area contributed by atoms with Gasteiger partial charge in [-0.25, -0.2) is 10.4 Å². The number of hydrogen-bond donors (Lipinski definition) is 2. The molecule has 0 spiro atoms. The topological polar surface area (TPSA) is 27.3 Å². The first-order valence-electron chi connectivity index (χ1n) is 4.24. The van der Waals surface area contributed by atoms with Gasteiger partial charge in [0.2, 0.25) is 0 Å². The van der Waals surface area contributed by atoms with Crippen LogP contribution in [0.15, 0.2) is 12.2 Å². The Bertz CT molecular complexity index is 178. The van der Waals surface area contributed by atoms with E-state index in [1.807, 2.05) is 0 Å². The lowest BCUT2D eigenvalue weighted by Crippen LogP contribution is -2.46. The van der Waals surface area contributed by atoms with E-state index in [4.69, 9.17) is 0 Å². The van der Waals surface area contributed by atoms with Crippen molar-refractivity contribution in [3.05, 3.63) is 12.2 Å². The first-order chi connectivity index (χ1) is 5.27. The van der Waals surface area contributed by atoms with E-state index in [-0.39, 0.29) is 0 Å². The maximum Gasteiger partial charge on any atom is 0.0786 e. The summed E-state index contributed by atoms with van der Waals surface area (Å²) in [5.74, 6) is 0. The number of nitrogens with one attached hydrogen (secondary N) is 2. The molecule has 1 fully saturated rings. The van der Waals surface area contributed by atoms with E-state index in [1.54, 1.807) is 0 Å². The Morgan fingerprint density at radius 3 is 3.00 bits per heavy atom. The average molecular weight is 153 g/mol. The van der Waals surface area contributed by atoms with Gasteiger partial charge in [0.05, 0.1) is 12.3 Å². The molecule has 0 aromatic rings. The Morgan fingerprint density at radius 1 is 1.45 bits per heavy atom. The summed E-state index contributed by atoms with van der Waals surface area (Å²) >= 11 is 0. The molecule has 2 aliphatic rings. The van der Waals surface area contributed by atoms with E-state index in [1.165, 1.54) is 0 Å². The molecule has 2 N–H and O–H groups in total. The molecule has 3 heteroatoms. The number of rotatable bonds is 0. The fraction of sp³-hybridized carbons (Fsp3) is 0.750. The van der Waals surface area contributed by atoms with Crippen LogP contribution in [0, 0.1) is 0 Å². The highest BCUT2D eigenvalue weighted by molar-refractivity contribution is 5.02. The number of nitrogens with zero attached hydrogens (tertiary/aromatic N) is 1. The molecule has 2 heterocycles. The van der Waals surface area contributed by atoms with Crippen molar-refractivity contribution in [3.63, 3.8) is 0 Å². The Labute approximate surface area is 67.4 Å². The van der Waals surface area contributed by atoms with Crippen LogP contribution in [0.3, 0.4) is 0 Å². The molecule has 0 saturated carbocycles. The molecule has 62 valence electrons. The van der Waals surface area contributed by atoms with Gasteiger partial charge in [-0.15, -0.1) is 0 Å². The average Bonchev–Trinajstić information content (AvgIpc) is 2.31. The van der Waals surface area contributed by atoms with Crippen LogP contribution in [0.2, 0.25) is 0 Å². The Hall–Kier alpha value is -0.380. The van der Waals surface area contributed by atoms with Crippen molar-refractivity contribution >= 4 is 0 Å². The summed E-state index contributed by atoms with van der Waals surface area (Å²) in [7, 11) is 0. The van der Waals surface area contributed by atoms with Crippen LogP contribution in [0.25, 0.3) is 0 Å². The Kier molecular flexibility index (Phi) is 1.71. The summed E-state index contributed by atoms with van der Waals surface area (Å²) in [5.41, 5.74) is 3.38. The van der Waals surface area contributed by atoms with E-state index in [9.17, 15) is 0 Å². The number of fused-ring (bicyclic) bond motifs is 1. The molecule has 1 saturated heterocycles. The summed E-state index contributed by atoms with van der Waals surface area (Å²) < 4.78 is 0. The van der Waals surface area contributed by atoms with Crippen LogP contribution < -0.4 is 10.7 Å². The molecule has 0 aromatic heterocycles. The summed E-state index contributed by atoms with van der Waals surface area (Å²) in [6, 6.07) is 0.520. The van der Waals surface area contributed by atoms with Crippen molar-refractivity contribution in [3.8, 4) is 0 Å². The molecule has 2 unspecified atom stereocenters. The minimum absolute atomic E-state index is 0.419. The molecule has 2 rings (SSSR count). The molecule has 3 atom stereocenters. The lowest BCUT2D eigenvalue weighted by Gasteiger charge is -2.30. The predicted octanol–water partition coefficient (Wildman–Crippen LogP) is 0.417. The molecule has 0 amide bonds. The highest BCUT2D eigenvalue weighted by Crippen LogP contribution is 2.16. The monoisotopic (exact) mass is 153 g/mol. The van der Waals surface area contributed by atoms with Gasteiger partial charge in [0.25, 0.3) is 0 Å². The first-order valence-corrected chi connectivity index (χ1v) is 4.24. The van der Waals surface area contributed by atoms with E-state index in [0.29, 0.717) is 18.4 Å². The van der Waals surface area contributed by atoms with Gasteiger partial charge in [-0.3, -0.25) is 5.32 Å². The van der Waals surface area contributed by atoms with E-state index in [0.717, 1.165) is 6.42 Å². The van der Waals surface area contributed by atoms with Crippen molar-refractivity contribution in [2.24, 2.45) is 0 Å². The molecule has 0 radical (unpaired) electrons. The highest BCUT2D eigenvalue weighted by Gasteiger charge is 2.31. The van der Waals surface area contributed by atoms with Gasteiger partial charge < -0.3 is 0 Å². The fourth-order valence-corrected chi connectivity index (χ4v) is 1.80. The number of hydrazine groups is 1. The lowest BCUT2D eigenvalue weighted by atomic mass is 10.1. The Balaban J connectivity index is 2.11. The second kappa shape index (κ2) is 2.59. The van der Waals surface area contributed by atoms with Crippen LogP contribution >= 0.6 is 0 Å². The first kappa shape index (κ1) is 7.28. The normalized spacial score (nSPS) is 44.4. The highest BCUT2D eigenvalue weighted by atomic mass is 15.7. The van der Waals surface area contributed by atoms with Crippen LogP contribution in [-0.2, 0) is 0 Å². The van der Waals surface area contributed by atoms with Crippen molar-refractivity contribution in [1.29, 1.82) is 0 Å². The maximum atomic E-state index is 3.45. The van der Waals surface area contributed by atoms with E-state index in [2.05, 4.69) is 41.8 Å². The lowest BCUT2D eigenvalue weighted by molar-refractivity contribution is 0.139. The van der Waals surface area contributed by atoms with Gasteiger partial charge in [-0.2, -0.15) is 0 Å². The zero-order valence-corrected chi connectivity index (χ0v) is 7.04. The molecule has 11 heavy (non-hydrogen) atoms. The van der Waals surface area contributed by atoms with Gasteiger partial charge in [0, 0.05) is 6.04 Å². The van der Waals surface area contributed by atoms with Gasteiger partial charge in [-0.05, 0) is 20.3 Å². The zero-order chi connectivity index (χ0) is 7.84. The SMILES string of the molecule is CC1C=CCC2N[C@@H](C)NN12.